The fourth-order valence-electron chi connectivity index (χ4n) is 5.71. The normalized spacial score (nSPS) is 26.9. The van der Waals surface area contributed by atoms with E-state index in [0.29, 0.717) is 11.5 Å². The van der Waals surface area contributed by atoms with Crippen molar-refractivity contribution in [3.8, 4) is 11.1 Å². The summed E-state index contributed by atoms with van der Waals surface area (Å²) in [5, 5.41) is 0. The second-order valence-electron chi connectivity index (χ2n) is 9.23. The van der Waals surface area contributed by atoms with E-state index in [2.05, 4.69) is 19.1 Å². The minimum atomic E-state index is -1.41. The molecule has 0 spiro atoms. The fraction of sp³-hybridized carbons (Fsp3) is 0.538. The Balaban J connectivity index is 1.41. The van der Waals surface area contributed by atoms with Crippen LogP contribution in [0.5, 0.6) is 0 Å². The largest absolute Gasteiger partial charge is 0.204 e. The highest BCUT2D eigenvalue weighted by Crippen LogP contribution is 2.48. The second kappa shape index (κ2) is 8.93. The molecule has 0 aliphatic heterocycles. The predicted molar refractivity (Wildman–Crippen MR) is 112 cm³/mol. The van der Waals surface area contributed by atoms with Gasteiger partial charge in [-0.15, -0.1) is 0 Å². The third kappa shape index (κ3) is 4.54. The molecule has 3 heteroatoms. The number of benzene rings is 2. The van der Waals surface area contributed by atoms with Gasteiger partial charge in [0.2, 0.25) is 0 Å². The zero-order valence-corrected chi connectivity index (χ0v) is 17.3. The maximum Gasteiger partial charge on any atom is 0.194 e. The number of hydrogen-bond donors (Lipinski definition) is 0. The Morgan fingerprint density at radius 3 is 2.14 bits per heavy atom. The lowest BCUT2D eigenvalue weighted by molar-refractivity contribution is 0.113. The predicted octanol–water partition coefficient (Wildman–Crippen LogP) is 8.26. The maximum absolute atomic E-state index is 13.5. The van der Waals surface area contributed by atoms with E-state index in [0.717, 1.165) is 35.4 Å². The van der Waals surface area contributed by atoms with Crippen molar-refractivity contribution in [1.82, 2.24) is 0 Å². The minimum Gasteiger partial charge on any atom is -0.204 e. The van der Waals surface area contributed by atoms with Gasteiger partial charge in [-0.1, -0.05) is 56.9 Å². The molecule has 0 heterocycles. The Labute approximate surface area is 172 Å². The topological polar surface area (TPSA) is 0 Å². The van der Waals surface area contributed by atoms with Gasteiger partial charge < -0.3 is 0 Å². The average molecular weight is 401 g/mol. The van der Waals surface area contributed by atoms with Gasteiger partial charge in [0.15, 0.2) is 17.5 Å². The van der Waals surface area contributed by atoms with Crippen molar-refractivity contribution in [2.45, 2.75) is 70.6 Å². The van der Waals surface area contributed by atoms with Crippen molar-refractivity contribution >= 4 is 0 Å². The van der Waals surface area contributed by atoms with E-state index in [1.54, 1.807) is 0 Å². The summed E-state index contributed by atoms with van der Waals surface area (Å²) in [6, 6.07) is 10.1. The SMILES string of the molecule is CCCCC1CC[C@@H]2C[C@H](c3ccc(-c4cc(F)c(F)c(F)c4)cc3)CC[C@@H]2C1. The molecule has 0 bridgehead atoms. The van der Waals surface area contributed by atoms with Crippen LogP contribution < -0.4 is 0 Å². The van der Waals surface area contributed by atoms with Crippen molar-refractivity contribution in [3.05, 3.63) is 59.4 Å². The summed E-state index contributed by atoms with van der Waals surface area (Å²) < 4.78 is 40.3. The highest BCUT2D eigenvalue weighted by atomic mass is 19.2. The lowest BCUT2D eigenvalue weighted by Crippen LogP contribution is -2.30. The first-order valence-corrected chi connectivity index (χ1v) is 11.3. The molecule has 0 N–H and O–H groups in total. The molecular weight excluding hydrogens is 369 g/mol. The third-order valence-electron chi connectivity index (χ3n) is 7.39. The standard InChI is InChI=1S/C26H31F3/c1-2-3-4-17-5-6-22-14-21(12-11-20(22)13-17)18-7-9-19(10-8-18)23-15-24(27)26(29)25(28)16-23/h7-10,15-17,20-22H,2-6,11-14H2,1H3/t17?,20-,21-,22-/m1/s1. The Morgan fingerprint density at radius 1 is 0.793 bits per heavy atom. The third-order valence-corrected chi connectivity index (χ3v) is 7.39. The van der Waals surface area contributed by atoms with E-state index in [-0.39, 0.29) is 0 Å². The monoisotopic (exact) mass is 400 g/mol. The number of unbranched alkanes of at least 4 members (excludes halogenated alkanes) is 1. The van der Waals surface area contributed by atoms with Gasteiger partial charge in [0.25, 0.3) is 0 Å². The number of hydrogen-bond acceptors (Lipinski definition) is 0. The van der Waals surface area contributed by atoms with Crippen LogP contribution in [0.2, 0.25) is 0 Å². The Bertz CT molecular complexity index is 803. The van der Waals surface area contributed by atoms with E-state index in [1.165, 1.54) is 63.4 Å². The van der Waals surface area contributed by atoms with Crippen LogP contribution in [0.3, 0.4) is 0 Å². The average Bonchev–Trinajstić information content (AvgIpc) is 2.75. The van der Waals surface area contributed by atoms with Gasteiger partial charge in [0.05, 0.1) is 0 Å². The molecule has 0 aromatic heterocycles. The Kier molecular flexibility index (Phi) is 6.32. The fourth-order valence-corrected chi connectivity index (χ4v) is 5.71. The summed E-state index contributed by atoms with van der Waals surface area (Å²) in [5.41, 5.74) is 2.42. The zero-order chi connectivity index (χ0) is 20.4. The first-order valence-electron chi connectivity index (χ1n) is 11.3. The molecule has 0 radical (unpaired) electrons. The molecule has 4 rings (SSSR count). The van der Waals surface area contributed by atoms with Crippen molar-refractivity contribution in [2.75, 3.05) is 0 Å². The number of rotatable bonds is 5. The highest BCUT2D eigenvalue weighted by molar-refractivity contribution is 5.64. The molecule has 0 nitrogen and oxygen atoms in total. The van der Waals surface area contributed by atoms with Crippen LogP contribution in [0.15, 0.2) is 36.4 Å². The maximum atomic E-state index is 13.5. The lowest BCUT2D eigenvalue weighted by atomic mass is 9.63. The van der Waals surface area contributed by atoms with Gasteiger partial charge in [-0.2, -0.15) is 0 Å². The Hall–Kier alpha value is -1.77. The van der Waals surface area contributed by atoms with Crippen LogP contribution in [-0.2, 0) is 0 Å². The quantitative estimate of drug-likeness (QED) is 0.443. The smallest absolute Gasteiger partial charge is 0.194 e. The molecule has 1 unspecified atom stereocenters. The zero-order valence-electron chi connectivity index (χ0n) is 17.3. The molecule has 0 amide bonds. The first-order chi connectivity index (χ1) is 14.0. The molecule has 4 atom stereocenters. The first kappa shape index (κ1) is 20.5. The molecule has 2 aliphatic rings. The van der Waals surface area contributed by atoms with E-state index in [1.807, 2.05) is 12.1 Å². The molecule has 156 valence electrons. The van der Waals surface area contributed by atoms with Gasteiger partial charge in [-0.05, 0) is 84.6 Å². The second-order valence-corrected chi connectivity index (χ2v) is 9.23. The summed E-state index contributed by atoms with van der Waals surface area (Å²) in [5.74, 6) is -0.402. The van der Waals surface area contributed by atoms with E-state index in [9.17, 15) is 13.2 Å². The van der Waals surface area contributed by atoms with Crippen molar-refractivity contribution in [1.29, 1.82) is 0 Å². The number of halogens is 3. The van der Waals surface area contributed by atoms with E-state index >= 15 is 0 Å². The summed E-state index contributed by atoms with van der Waals surface area (Å²) in [6.07, 6.45) is 12.1. The molecule has 2 saturated carbocycles. The summed E-state index contributed by atoms with van der Waals surface area (Å²) in [7, 11) is 0. The molecule has 29 heavy (non-hydrogen) atoms. The molecule has 0 saturated heterocycles. The summed E-state index contributed by atoms with van der Waals surface area (Å²) in [4.78, 5) is 0. The van der Waals surface area contributed by atoms with Gasteiger partial charge in [0.1, 0.15) is 0 Å². The molecule has 2 aromatic rings. The van der Waals surface area contributed by atoms with Crippen LogP contribution in [0.4, 0.5) is 13.2 Å². The number of fused-ring (bicyclic) bond motifs is 1. The van der Waals surface area contributed by atoms with Crippen molar-refractivity contribution in [3.63, 3.8) is 0 Å². The van der Waals surface area contributed by atoms with Crippen LogP contribution in [0.25, 0.3) is 11.1 Å². The summed E-state index contributed by atoms with van der Waals surface area (Å²) in [6.45, 7) is 2.28. The van der Waals surface area contributed by atoms with Gasteiger partial charge >= 0.3 is 0 Å². The van der Waals surface area contributed by atoms with E-state index in [4.69, 9.17) is 0 Å². The molecule has 2 aliphatic carbocycles. The van der Waals surface area contributed by atoms with Gasteiger partial charge in [-0.25, -0.2) is 13.2 Å². The van der Waals surface area contributed by atoms with Crippen molar-refractivity contribution < 1.29 is 13.2 Å². The summed E-state index contributed by atoms with van der Waals surface area (Å²) >= 11 is 0. The Morgan fingerprint density at radius 2 is 1.45 bits per heavy atom. The van der Waals surface area contributed by atoms with Crippen LogP contribution >= 0.6 is 0 Å². The van der Waals surface area contributed by atoms with Crippen molar-refractivity contribution in [2.24, 2.45) is 17.8 Å². The minimum absolute atomic E-state index is 0.377. The van der Waals surface area contributed by atoms with Crippen LogP contribution in [0, 0.1) is 35.2 Å². The van der Waals surface area contributed by atoms with Crippen LogP contribution in [0.1, 0.15) is 76.2 Å². The molecule has 2 aromatic carbocycles. The molecule has 2 fully saturated rings. The molecular formula is C26H31F3. The van der Waals surface area contributed by atoms with Gasteiger partial charge in [0, 0.05) is 0 Å². The van der Waals surface area contributed by atoms with Crippen LogP contribution in [-0.4, -0.2) is 0 Å². The highest BCUT2D eigenvalue weighted by Gasteiger charge is 2.35. The lowest BCUT2D eigenvalue weighted by Gasteiger charge is -2.42. The van der Waals surface area contributed by atoms with E-state index < -0.39 is 17.5 Å². The van der Waals surface area contributed by atoms with Gasteiger partial charge in [-0.3, -0.25) is 0 Å².